The first-order valence-corrected chi connectivity index (χ1v) is 11.0. The van der Waals surface area contributed by atoms with Crippen LogP contribution in [0.15, 0.2) is 10.6 Å². The number of hydrogen-bond acceptors (Lipinski definition) is 4. The Balaban J connectivity index is 1.11. The van der Waals surface area contributed by atoms with E-state index < -0.39 is 0 Å². The van der Waals surface area contributed by atoms with Crippen LogP contribution in [0.2, 0.25) is 0 Å². The van der Waals surface area contributed by atoms with Crippen molar-refractivity contribution in [3.05, 3.63) is 17.5 Å². The smallest absolute Gasteiger partial charge is 0.273 e. The van der Waals surface area contributed by atoms with Crippen molar-refractivity contribution in [2.45, 2.75) is 83.2 Å². The lowest BCUT2D eigenvalue weighted by molar-refractivity contribution is -0.154. The Bertz CT molecular complexity index is 770. The lowest BCUT2D eigenvalue weighted by atomic mass is 9.48. The zero-order chi connectivity index (χ0) is 19.5. The summed E-state index contributed by atoms with van der Waals surface area (Å²) in [5.41, 5.74) is 0.884. The van der Waals surface area contributed by atoms with Crippen LogP contribution < -0.4 is 5.32 Å². The van der Waals surface area contributed by atoms with Gasteiger partial charge in [0.2, 0.25) is 5.91 Å². The molecule has 2 amide bonds. The molecule has 28 heavy (non-hydrogen) atoms. The summed E-state index contributed by atoms with van der Waals surface area (Å²) >= 11 is 0. The number of nitrogens with zero attached hydrogens (tertiary/aromatic N) is 2. The molecule has 0 bridgehead atoms. The van der Waals surface area contributed by atoms with Gasteiger partial charge in [-0.25, -0.2) is 0 Å². The number of piperidine rings is 1. The number of amides is 2. The summed E-state index contributed by atoms with van der Waals surface area (Å²) < 4.78 is 5.29. The number of nitrogens with one attached hydrogen (secondary N) is 1. The fourth-order valence-corrected chi connectivity index (χ4v) is 5.99. The van der Waals surface area contributed by atoms with Crippen LogP contribution in [0, 0.1) is 17.3 Å². The van der Waals surface area contributed by atoms with Gasteiger partial charge in [0.15, 0.2) is 5.69 Å². The van der Waals surface area contributed by atoms with Crippen molar-refractivity contribution in [2.75, 3.05) is 6.54 Å². The average Bonchev–Trinajstić information content (AvgIpc) is 3.33. The van der Waals surface area contributed by atoms with Crippen LogP contribution in [-0.2, 0) is 4.79 Å². The van der Waals surface area contributed by atoms with Crippen molar-refractivity contribution < 1.29 is 14.1 Å². The number of aromatic nitrogens is 1. The highest BCUT2D eigenvalue weighted by atomic mass is 16.5. The summed E-state index contributed by atoms with van der Waals surface area (Å²) in [7, 11) is 0. The first kappa shape index (κ1) is 18.2. The van der Waals surface area contributed by atoms with Crippen LogP contribution in [0.3, 0.4) is 0 Å². The normalized spacial score (nSPS) is 37.3. The van der Waals surface area contributed by atoms with Gasteiger partial charge in [0.05, 0.1) is 0 Å². The molecule has 0 aromatic carbocycles. The number of carbonyl (C=O) groups is 2. The number of rotatable bonds is 4. The second kappa shape index (κ2) is 6.60. The maximum Gasteiger partial charge on any atom is 0.273 e. The van der Waals surface area contributed by atoms with Gasteiger partial charge in [0.25, 0.3) is 5.91 Å². The van der Waals surface area contributed by atoms with Crippen LogP contribution in [0.4, 0.5) is 0 Å². The van der Waals surface area contributed by atoms with E-state index in [1.54, 1.807) is 6.07 Å². The number of carbonyl (C=O) groups excluding carboxylic acids is 2. The molecule has 2 heterocycles. The lowest BCUT2D eigenvalue weighted by Gasteiger charge is -2.57. The minimum absolute atomic E-state index is 0.0906. The van der Waals surface area contributed by atoms with E-state index in [-0.39, 0.29) is 23.9 Å². The third-order valence-electron chi connectivity index (χ3n) is 7.51. The van der Waals surface area contributed by atoms with Gasteiger partial charge in [-0.05, 0) is 69.6 Å². The summed E-state index contributed by atoms with van der Waals surface area (Å²) in [5.74, 6) is 2.55. The summed E-state index contributed by atoms with van der Waals surface area (Å²) in [6.45, 7) is 5.15. The molecule has 1 aliphatic heterocycles. The Morgan fingerprint density at radius 1 is 1.18 bits per heavy atom. The average molecular weight is 386 g/mol. The molecule has 1 N–H and O–H groups in total. The Labute approximate surface area is 166 Å². The Morgan fingerprint density at radius 3 is 2.57 bits per heavy atom. The Kier molecular flexibility index (Phi) is 4.29. The van der Waals surface area contributed by atoms with Gasteiger partial charge < -0.3 is 14.7 Å². The monoisotopic (exact) mass is 385 g/mol. The summed E-state index contributed by atoms with van der Waals surface area (Å²) in [6.07, 6.45) is 8.67. The molecule has 5 rings (SSSR count). The third kappa shape index (κ3) is 3.25. The molecule has 1 saturated heterocycles. The molecular weight excluding hydrogens is 354 g/mol. The summed E-state index contributed by atoms with van der Waals surface area (Å²) in [6, 6.07) is 2.04. The van der Waals surface area contributed by atoms with Crippen LogP contribution in [-0.4, -0.2) is 40.5 Å². The molecule has 1 aromatic rings. The Hall–Kier alpha value is -1.85. The zero-order valence-electron chi connectivity index (χ0n) is 16.9. The van der Waals surface area contributed by atoms with Gasteiger partial charge in [-0.2, -0.15) is 0 Å². The molecule has 4 aliphatic rings. The molecule has 3 aliphatic carbocycles. The SMILES string of the molecule is CC1CC2(C1)CC(C(=O)N1CCC(NC(=O)c3cc(C4CC4)on3)C[C@H]1C)C2. The lowest BCUT2D eigenvalue weighted by Crippen LogP contribution is -2.56. The first-order chi connectivity index (χ1) is 13.4. The fraction of sp³-hybridized carbons (Fsp3) is 0.773. The molecule has 6 nitrogen and oxygen atoms in total. The second-order valence-electron chi connectivity index (χ2n) is 10.1. The van der Waals surface area contributed by atoms with Crippen molar-refractivity contribution >= 4 is 11.8 Å². The molecular formula is C22H31N3O3. The van der Waals surface area contributed by atoms with Gasteiger partial charge in [-0.3, -0.25) is 9.59 Å². The molecule has 1 spiro atoms. The van der Waals surface area contributed by atoms with Crippen LogP contribution >= 0.6 is 0 Å². The molecule has 6 heteroatoms. The van der Waals surface area contributed by atoms with E-state index in [0.29, 0.717) is 22.9 Å². The molecule has 1 aromatic heterocycles. The van der Waals surface area contributed by atoms with Crippen LogP contribution in [0.25, 0.3) is 0 Å². The molecule has 3 saturated carbocycles. The highest BCUT2D eigenvalue weighted by Crippen LogP contribution is 2.61. The Morgan fingerprint density at radius 2 is 1.93 bits per heavy atom. The maximum absolute atomic E-state index is 12.9. The van der Waals surface area contributed by atoms with Gasteiger partial charge in [0, 0.05) is 36.5 Å². The van der Waals surface area contributed by atoms with Crippen LogP contribution in [0.1, 0.15) is 87.4 Å². The largest absolute Gasteiger partial charge is 0.360 e. The third-order valence-corrected chi connectivity index (χ3v) is 7.51. The van der Waals surface area contributed by atoms with E-state index in [2.05, 4.69) is 29.2 Å². The minimum Gasteiger partial charge on any atom is -0.360 e. The molecule has 2 atom stereocenters. The predicted octanol–water partition coefficient (Wildman–Crippen LogP) is 3.49. The van der Waals surface area contributed by atoms with E-state index >= 15 is 0 Å². The van der Waals surface area contributed by atoms with Crippen molar-refractivity contribution in [3.8, 4) is 0 Å². The minimum atomic E-state index is -0.160. The standard InChI is InChI=1S/C22H31N3O3/c1-13-9-22(10-13)11-16(12-22)21(27)25-6-5-17(7-14(25)2)23-20(26)18-8-19(28-24-18)15-3-4-15/h8,13-17H,3-7,9-12H2,1-2H3,(H,23,26)/t13?,14-,16?,17?,22?/m1/s1. The van der Waals surface area contributed by atoms with E-state index in [9.17, 15) is 9.59 Å². The van der Waals surface area contributed by atoms with Crippen LogP contribution in [0.5, 0.6) is 0 Å². The quantitative estimate of drug-likeness (QED) is 0.861. The number of likely N-dealkylation sites (tertiary alicyclic amines) is 1. The number of hydrogen-bond donors (Lipinski definition) is 1. The van der Waals surface area contributed by atoms with Crippen molar-refractivity contribution in [3.63, 3.8) is 0 Å². The molecule has 1 unspecified atom stereocenters. The maximum atomic E-state index is 12.9. The van der Waals surface area contributed by atoms with Crippen molar-refractivity contribution in [1.29, 1.82) is 0 Å². The molecule has 0 radical (unpaired) electrons. The zero-order valence-corrected chi connectivity index (χ0v) is 16.9. The van der Waals surface area contributed by atoms with Gasteiger partial charge in [0.1, 0.15) is 5.76 Å². The highest BCUT2D eigenvalue weighted by Gasteiger charge is 2.54. The van der Waals surface area contributed by atoms with Crippen molar-refractivity contribution in [1.82, 2.24) is 15.4 Å². The second-order valence-corrected chi connectivity index (χ2v) is 10.1. The topological polar surface area (TPSA) is 75.4 Å². The van der Waals surface area contributed by atoms with Gasteiger partial charge >= 0.3 is 0 Å². The fourth-order valence-electron chi connectivity index (χ4n) is 5.99. The van der Waals surface area contributed by atoms with E-state index in [1.165, 1.54) is 12.8 Å². The first-order valence-electron chi connectivity index (χ1n) is 11.0. The van der Waals surface area contributed by atoms with E-state index in [1.807, 2.05) is 0 Å². The molecule has 152 valence electrons. The van der Waals surface area contributed by atoms with Gasteiger partial charge in [-0.15, -0.1) is 0 Å². The summed E-state index contributed by atoms with van der Waals surface area (Å²) in [5, 5.41) is 7.02. The summed E-state index contributed by atoms with van der Waals surface area (Å²) in [4.78, 5) is 27.5. The predicted molar refractivity (Wildman–Crippen MR) is 104 cm³/mol. The van der Waals surface area contributed by atoms with E-state index in [4.69, 9.17) is 4.52 Å². The van der Waals surface area contributed by atoms with E-state index in [0.717, 1.165) is 56.7 Å². The molecule has 4 fully saturated rings. The van der Waals surface area contributed by atoms with Crippen molar-refractivity contribution in [2.24, 2.45) is 17.3 Å². The van der Waals surface area contributed by atoms with Gasteiger partial charge in [-0.1, -0.05) is 12.1 Å². The highest BCUT2D eigenvalue weighted by molar-refractivity contribution is 5.92.